The van der Waals surface area contributed by atoms with Crippen LogP contribution in [0, 0.1) is 12.7 Å². The van der Waals surface area contributed by atoms with Crippen molar-refractivity contribution < 1.29 is 13.9 Å². The Morgan fingerprint density at radius 3 is 2.70 bits per heavy atom. The quantitative estimate of drug-likeness (QED) is 0.601. The second-order valence-corrected chi connectivity index (χ2v) is 7.70. The highest BCUT2D eigenvalue weighted by Crippen LogP contribution is 2.24. The van der Waals surface area contributed by atoms with Crippen molar-refractivity contribution in [3.05, 3.63) is 40.9 Å². The lowest BCUT2D eigenvalue weighted by molar-refractivity contribution is -0.113. The smallest absolute Gasteiger partial charge is 0.236 e. The van der Waals surface area contributed by atoms with Crippen LogP contribution in [0.2, 0.25) is 0 Å². The van der Waals surface area contributed by atoms with Crippen molar-refractivity contribution in [2.45, 2.75) is 25.1 Å². The lowest BCUT2D eigenvalue weighted by atomic mass is 10.3. The number of anilines is 1. The third kappa shape index (κ3) is 5.01. The van der Waals surface area contributed by atoms with Crippen LogP contribution in [0.5, 0.6) is 5.75 Å². The van der Waals surface area contributed by atoms with Gasteiger partial charge in [-0.3, -0.25) is 10.1 Å². The number of thioether (sulfide) groups is 1. The third-order valence-corrected chi connectivity index (χ3v) is 5.24. The Morgan fingerprint density at radius 1 is 1.30 bits per heavy atom. The predicted octanol–water partition coefficient (Wildman–Crippen LogP) is 2.98. The molecule has 0 saturated heterocycles. The van der Waals surface area contributed by atoms with Crippen LogP contribution in [0.15, 0.2) is 29.4 Å². The molecule has 1 aromatic carbocycles. The Morgan fingerprint density at radius 2 is 2.04 bits per heavy atom. The maximum absolute atomic E-state index is 13.0. The van der Waals surface area contributed by atoms with Crippen LogP contribution in [0.25, 0.3) is 0 Å². The van der Waals surface area contributed by atoms with E-state index in [0.717, 1.165) is 5.01 Å². The summed E-state index contributed by atoms with van der Waals surface area (Å²) >= 11 is 2.57. The minimum atomic E-state index is -0.388. The SMILES string of the molecule is Cc1nnc(NC(=O)CSc2nnc(C(C)Oc3ccc(F)cc3)n2C)s1. The van der Waals surface area contributed by atoms with E-state index in [9.17, 15) is 9.18 Å². The highest BCUT2D eigenvalue weighted by atomic mass is 32.2. The number of rotatable bonds is 7. The molecule has 0 saturated carbocycles. The van der Waals surface area contributed by atoms with Gasteiger partial charge in [-0.15, -0.1) is 20.4 Å². The van der Waals surface area contributed by atoms with E-state index in [1.54, 1.807) is 23.7 Å². The minimum Gasteiger partial charge on any atom is -0.483 e. The average Bonchev–Trinajstić information content (AvgIpc) is 3.20. The van der Waals surface area contributed by atoms with Crippen LogP contribution < -0.4 is 10.1 Å². The summed E-state index contributed by atoms with van der Waals surface area (Å²) in [6.07, 6.45) is -0.388. The van der Waals surface area contributed by atoms with Gasteiger partial charge in [-0.2, -0.15) is 0 Å². The summed E-state index contributed by atoms with van der Waals surface area (Å²) in [4.78, 5) is 12.0. The van der Waals surface area contributed by atoms with Crippen LogP contribution >= 0.6 is 23.1 Å². The predicted molar refractivity (Wildman–Crippen MR) is 100 cm³/mol. The van der Waals surface area contributed by atoms with Crippen molar-refractivity contribution in [3.63, 3.8) is 0 Å². The van der Waals surface area contributed by atoms with Gasteiger partial charge in [0.05, 0.1) is 5.75 Å². The number of halogens is 1. The number of hydrogen-bond donors (Lipinski definition) is 1. The molecule has 2 heterocycles. The van der Waals surface area contributed by atoms with Crippen LogP contribution in [0.3, 0.4) is 0 Å². The molecule has 3 rings (SSSR count). The van der Waals surface area contributed by atoms with Gasteiger partial charge in [-0.05, 0) is 38.1 Å². The second-order valence-electron chi connectivity index (χ2n) is 5.58. The number of carbonyl (C=O) groups is 1. The van der Waals surface area contributed by atoms with Gasteiger partial charge in [-0.1, -0.05) is 23.1 Å². The van der Waals surface area contributed by atoms with Crippen molar-refractivity contribution in [1.82, 2.24) is 25.0 Å². The Bertz CT molecular complexity index is 927. The van der Waals surface area contributed by atoms with E-state index < -0.39 is 0 Å². The number of nitrogens with zero attached hydrogens (tertiary/aromatic N) is 5. The number of amides is 1. The summed E-state index contributed by atoms with van der Waals surface area (Å²) in [7, 11) is 1.80. The van der Waals surface area contributed by atoms with E-state index in [1.807, 2.05) is 13.8 Å². The number of ether oxygens (including phenoxy) is 1. The van der Waals surface area contributed by atoms with Crippen molar-refractivity contribution in [2.75, 3.05) is 11.1 Å². The molecule has 3 aromatic rings. The van der Waals surface area contributed by atoms with Gasteiger partial charge in [0.15, 0.2) is 17.1 Å². The van der Waals surface area contributed by atoms with Crippen LogP contribution in [-0.4, -0.2) is 36.6 Å². The van der Waals surface area contributed by atoms with E-state index in [4.69, 9.17) is 4.74 Å². The molecule has 2 aromatic heterocycles. The molecule has 1 amide bonds. The van der Waals surface area contributed by atoms with Crippen LogP contribution in [0.1, 0.15) is 23.9 Å². The molecule has 0 aliphatic heterocycles. The molecule has 0 aliphatic carbocycles. The maximum atomic E-state index is 13.0. The van der Waals surface area contributed by atoms with Crippen LogP contribution in [0.4, 0.5) is 9.52 Å². The average molecular weight is 408 g/mol. The summed E-state index contributed by atoms with van der Waals surface area (Å²) in [5, 5.41) is 20.5. The molecule has 0 bridgehead atoms. The molecule has 0 fully saturated rings. The standard InChI is InChI=1S/C16H17FN6O2S2/c1-9(25-12-6-4-11(17)5-7-12)14-20-22-16(23(14)3)26-8-13(24)18-15-21-19-10(2)27-15/h4-7,9H,8H2,1-3H3,(H,18,21,24). The molecule has 11 heteroatoms. The minimum absolute atomic E-state index is 0.164. The number of carbonyl (C=O) groups excluding carboxylic acids is 1. The highest BCUT2D eigenvalue weighted by molar-refractivity contribution is 7.99. The summed E-state index contributed by atoms with van der Waals surface area (Å²) in [5.41, 5.74) is 0. The van der Waals surface area contributed by atoms with Gasteiger partial charge >= 0.3 is 0 Å². The molecular weight excluding hydrogens is 391 g/mol. The van der Waals surface area contributed by atoms with E-state index in [-0.39, 0.29) is 23.6 Å². The maximum Gasteiger partial charge on any atom is 0.236 e. The molecule has 0 radical (unpaired) electrons. The molecule has 0 aliphatic rings. The molecule has 1 unspecified atom stereocenters. The molecule has 27 heavy (non-hydrogen) atoms. The zero-order valence-electron chi connectivity index (χ0n) is 14.8. The molecule has 1 atom stereocenters. The van der Waals surface area contributed by atoms with E-state index in [0.29, 0.717) is 21.9 Å². The first-order chi connectivity index (χ1) is 12.9. The molecule has 8 nitrogen and oxygen atoms in total. The Kier molecular flexibility index (Phi) is 6.01. The largest absolute Gasteiger partial charge is 0.483 e. The Labute approximate surface area is 163 Å². The number of benzene rings is 1. The lowest BCUT2D eigenvalue weighted by Crippen LogP contribution is -2.14. The summed E-state index contributed by atoms with van der Waals surface area (Å²) < 4.78 is 20.5. The topological polar surface area (TPSA) is 94.8 Å². The summed E-state index contributed by atoms with van der Waals surface area (Å²) in [5.74, 6) is 0.776. The van der Waals surface area contributed by atoms with Gasteiger partial charge in [0, 0.05) is 7.05 Å². The first-order valence-corrected chi connectivity index (χ1v) is 9.77. The van der Waals surface area contributed by atoms with Crippen molar-refractivity contribution >= 4 is 34.1 Å². The monoisotopic (exact) mass is 408 g/mol. The van der Waals surface area contributed by atoms with E-state index in [1.165, 1.54) is 35.2 Å². The van der Waals surface area contributed by atoms with E-state index in [2.05, 4.69) is 25.7 Å². The normalized spacial score (nSPS) is 12.0. The van der Waals surface area contributed by atoms with Gasteiger partial charge in [-0.25, -0.2) is 4.39 Å². The molecule has 1 N–H and O–H groups in total. The van der Waals surface area contributed by atoms with Crippen molar-refractivity contribution in [1.29, 1.82) is 0 Å². The van der Waals surface area contributed by atoms with Gasteiger partial charge < -0.3 is 9.30 Å². The fraction of sp³-hybridized carbons (Fsp3) is 0.312. The van der Waals surface area contributed by atoms with Gasteiger partial charge in [0.25, 0.3) is 0 Å². The number of aryl methyl sites for hydroxylation is 1. The molecule has 0 spiro atoms. The second kappa shape index (κ2) is 8.44. The summed E-state index contributed by atoms with van der Waals surface area (Å²) in [6, 6.07) is 5.77. The number of hydrogen-bond acceptors (Lipinski definition) is 8. The third-order valence-electron chi connectivity index (χ3n) is 3.46. The highest BCUT2D eigenvalue weighted by Gasteiger charge is 2.18. The Hall–Kier alpha value is -2.53. The fourth-order valence-electron chi connectivity index (χ4n) is 2.21. The molecular formula is C16H17FN6O2S2. The van der Waals surface area contributed by atoms with Gasteiger partial charge in [0.2, 0.25) is 11.0 Å². The first kappa shape index (κ1) is 19.2. The zero-order valence-corrected chi connectivity index (χ0v) is 16.5. The van der Waals surface area contributed by atoms with Crippen LogP contribution in [-0.2, 0) is 11.8 Å². The number of aromatic nitrogens is 5. The van der Waals surface area contributed by atoms with E-state index >= 15 is 0 Å². The summed E-state index contributed by atoms with van der Waals surface area (Å²) in [6.45, 7) is 3.64. The number of nitrogens with one attached hydrogen (secondary N) is 1. The van der Waals surface area contributed by atoms with Crippen molar-refractivity contribution in [2.24, 2.45) is 7.05 Å². The molecule has 142 valence electrons. The van der Waals surface area contributed by atoms with Crippen molar-refractivity contribution in [3.8, 4) is 5.75 Å². The van der Waals surface area contributed by atoms with Gasteiger partial charge in [0.1, 0.15) is 16.6 Å². The first-order valence-electron chi connectivity index (χ1n) is 7.96. The lowest BCUT2D eigenvalue weighted by Gasteiger charge is -2.14. The fourth-order valence-corrected chi connectivity index (χ4v) is 3.53. The Balaban J connectivity index is 1.57. The zero-order chi connectivity index (χ0) is 19.4.